The summed E-state index contributed by atoms with van der Waals surface area (Å²) in [4.78, 5) is 28.0. The first kappa shape index (κ1) is 32.8. The van der Waals surface area contributed by atoms with Gasteiger partial charge in [-0.2, -0.15) is 5.10 Å². The van der Waals surface area contributed by atoms with E-state index in [9.17, 15) is 9.59 Å². The lowest BCUT2D eigenvalue weighted by molar-refractivity contribution is -0.130. The number of hydrazone groups is 1. The Morgan fingerprint density at radius 3 is 2.42 bits per heavy atom. The number of nitrogens with zero attached hydrogens (tertiary/aromatic N) is 5. The minimum Gasteiger partial charge on any atom is -0.497 e. The number of benzene rings is 3. The largest absolute Gasteiger partial charge is 0.497 e. The summed E-state index contributed by atoms with van der Waals surface area (Å²) in [6.45, 7) is 0.590. The number of thiophene rings is 1. The lowest BCUT2D eigenvalue weighted by Gasteiger charge is -2.22. The van der Waals surface area contributed by atoms with Gasteiger partial charge in [0.2, 0.25) is 0 Å². The quantitative estimate of drug-likeness (QED) is 0.155. The Morgan fingerprint density at radius 2 is 1.71 bits per heavy atom. The van der Waals surface area contributed by atoms with E-state index in [4.69, 9.17) is 19.3 Å². The number of carbonyl (C=O) groups excluding carboxylic acids is 2. The summed E-state index contributed by atoms with van der Waals surface area (Å²) in [6, 6.07) is 26.4. The number of carbonyl (C=O) groups is 2. The average Bonchev–Trinajstić information content (AvgIpc) is 3.91. The predicted octanol–water partition coefficient (Wildman–Crippen LogP) is 5.81. The zero-order valence-electron chi connectivity index (χ0n) is 26.7. The number of methoxy groups -OCH3 is 3. The molecule has 0 aliphatic carbocycles. The first-order chi connectivity index (χ1) is 23.5. The molecule has 1 aliphatic heterocycles. The molecule has 246 valence electrons. The van der Waals surface area contributed by atoms with E-state index in [0.717, 1.165) is 27.5 Å². The third kappa shape index (κ3) is 7.37. The number of hydrogen-bond donors (Lipinski definition) is 1. The molecule has 0 spiro atoms. The lowest BCUT2D eigenvalue weighted by Crippen LogP contribution is -2.28. The van der Waals surface area contributed by atoms with E-state index in [-0.39, 0.29) is 30.2 Å². The van der Waals surface area contributed by atoms with Crippen molar-refractivity contribution >= 4 is 40.6 Å². The second-order valence-electron chi connectivity index (χ2n) is 10.8. The van der Waals surface area contributed by atoms with Crippen molar-refractivity contribution in [2.24, 2.45) is 5.10 Å². The van der Waals surface area contributed by atoms with Crippen LogP contribution in [0.2, 0.25) is 0 Å². The summed E-state index contributed by atoms with van der Waals surface area (Å²) in [6.07, 6.45) is 0.608. The predicted molar refractivity (Wildman–Crippen MR) is 185 cm³/mol. The lowest BCUT2D eigenvalue weighted by atomic mass is 10.0. The van der Waals surface area contributed by atoms with Crippen molar-refractivity contribution in [1.29, 1.82) is 0 Å². The van der Waals surface area contributed by atoms with Crippen LogP contribution in [-0.2, 0) is 17.9 Å². The van der Waals surface area contributed by atoms with Crippen LogP contribution in [0.1, 0.15) is 44.6 Å². The Kier molecular flexibility index (Phi) is 10.4. The Morgan fingerprint density at radius 1 is 0.917 bits per heavy atom. The maximum absolute atomic E-state index is 13.8. The highest BCUT2D eigenvalue weighted by Gasteiger charge is 2.33. The Labute approximate surface area is 286 Å². The van der Waals surface area contributed by atoms with Gasteiger partial charge in [-0.15, -0.1) is 21.5 Å². The van der Waals surface area contributed by atoms with Gasteiger partial charge in [0.05, 0.1) is 56.8 Å². The van der Waals surface area contributed by atoms with Crippen LogP contribution in [0.25, 0.3) is 0 Å². The topological polar surface area (TPSA) is 120 Å². The highest BCUT2D eigenvalue weighted by atomic mass is 32.2. The third-order valence-electron chi connectivity index (χ3n) is 7.83. The number of ether oxygens (including phenoxy) is 3. The summed E-state index contributed by atoms with van der Waals surface area (Å²) in [5.74, 6) is 1.94. The van der Waals surface area contributed by atoms with Crippen LogP contribution in [0.3, 0.4) is 0 Å². The highest BCUT2D eigenvalue weighted by molar-refractivity contribution is 7.99. The number of nitrogens with one attached hydrogen (secondary N) is 1. The summed E-state index contributed by atoms with van der Waals surface area (Å²) >= 11 is 2.90. The Hall–Kier alpha value is -5.14. The van der Waals surface area contributed by atoms with Crippen LogP contribution < -0.4 is 19.5 Å². The van der Waals surface area contributed by atoms with Crippen molar-refractivity contribution < 1.29 is 23.8 Å². The van der Waals surface area contributed by atoms with E-state index in [1.54, 1.807) is 48.8 Å². The summed E-state index contributed by atoms with van der Waals surface area (Å²) in [5, 5.41) is 20.7. The molecule has 3 heterocycles. The fraction of sp³-hybridized carbons (Fsp3) is 0.229. The summed E-state index contributed by atoms with van der Waals surface area (Å²) < 4.78 is 17.9. The zero-order chi connectivity index (χ0) is 33.5. The number of rotatable bonds is 13. The van der Waals surface area contributed by atoms with Gasteiger partial charge < -0.3 is 24.1 Å². The number of aromatic nitrogens is 3. The van der Waals surface area contributed by atoms with E-state index < -0.39 is 0 Å². The number of hydrogen-bond acceptors (Lipinski definition) is 10. The maximum Gasteiger partial charge on any atom is 0.253 e. The molecule has 0 unspecified atom stereocenters. The second-order valence-corrected chi connectivity index (χ2v) is 12.7. The minimum atomic E-state index is -0.299. The molecule has 1 aliphatic rings. The van der Waals surface area contributed by atoms with Crippen molar-refractivity contribution in [3.8, 4) is 17.2 Å². The van der Waals surface area contributed by atoms with Gasteiger partial charge in [0, 0.05) is 12.0 Å². The number of thioether (sulfide) groups is 1. The zero-order valence-corrected chi connectivity index (χ0v) is 28.3. The minimum absolute atomic E-state index is 0.0960. The molecular formula is C35H34N6O5S2. The van der Waals surface area contributed by atoms with Crippen molar-refractivity contribution in [1.82, 2.24) is 25.1 Å². The van der Waals surface area contributed by atoms with Crippen LogP contribution in [0.15, 0.2) is 101 Å². The molecule has 0 fully saturated rings. The fourth-order valence-electron chi connectivity index (χ4n) is 5.33. The molecule has 3 aromatic carbocycles. The van der Waals surface area contributed by atoms with E-state index in [0.29, 0.717) is 41.0 Å². The van der Waals surface area contributed by atoms with Gasteiger partial charge in [0.25, 0.3) is 11.8 Å². The van der Waals surface area contributed by atoms with Gasteiger partial charge in [0.1, 0.15) is 5.75 Å². The molecule has 6 rings (SSSR count). The Balaban J connectivity index is 1.20. The molecule has 0 bridgehead atoms. The van der Waals surface area contributed by atoms with Crippen molar-refractivity contribution in [2.45, 2.75) is 30.7 Å². The molecule has 2 aromatic heterocycles. The maximum atomic E-state index is 13.8. The molecule has 2 amide bonds. The monoisotopic (exact) mass is 682 g/mol. The van der Waals surface area contributed by atoms with Crippen molar-refractivity contribution in [3.05, 3.63) is 118 Å². The molecule has 1 atom stereocenters. The first-order valence-corrected chi connectivity index (χ1v) is 17.0. The van der Waals surface area contributed by atoms with Gasteiger partial charge in [-0.3, -0.25) is 9.59 Å². The fourth-order valence-corrected chi connectivity index (χ4v) is 6.86. The van der Waals surface area contributed by atoms with Crippen LogP contribution in [0, 0.1) is 0 Å². The van der Waals surface area contributed by atoms with Gasteiger partial charge in [-0.1, -0.05) is 60.3 Å². The molecule has 48 heavy (non-hydrogen) atoms. The molecule has 0 radical (unpaired) electrons. The smallest absolute Gasteiger partial charge is 0.253 e. The number of amides is 2. The highest BCUT2D eigenvalue weighted by Crippen LogP contribution is 2.35. The molecule has 1 N–H and O–H groups in total. The van der Waals surface area contributed by atoms with Gasteiger partial charge in [-0.05, 0) is 52.9 Å². The van der Waals surface area contributed by atoms with Crippen molar-refractivity contribution in [3.63, 3.8) is 0 Å². The van der Waals surface area contributed by atoms with Gasteiger partial charge >= 0.3 is 0 Å². The van der Waals surface area contributed by atoms with Crippen molar-refractivity contribution in [2.75, 3.05) is 27.1 Å². The average molecular weight is 683 g/mol. The second kappa shape index (κ2) is 15.2. The van der Waals surface area contributed by atoms with Crippen LogP contribution in [-0.4, -0.2) is 64.4 Å². The molecule has 0 saturated heterocycles. The molecule has 5 aromatic rings. The molecule has 13 heteroatoms. The van der Waals surface area contributed by atoms with E-state index in [1.165, 1.54) is 18.9 Å². The standard InChI is InChI=1S/C35H34N6O5S2/c1-44-26-14-11-24(12-15-26)28-19-27(31-10-7-17-47-31)39-41(28)33(42)22-48-35-38-37-32(40(35)21-23-8-5-4-6-9-23)20-36-34(43)25-13-16-29(45-2)30(18-25)46-3/h4-18,28H,19-22H2,1-3H3,(H,36,43)/t28-/m1/s1. The summed E-state index contributed by atoms with van der Waals surface area (Å²) in [7, 11) is 4.69. The van der Waals surface area contributed by atoms with Crippen LogP contribution in [0.5, 0.6) is 17.2 Å². The van der Waals surface area contributed by atoms with Gasteiger partial charge in [0.15, 0.2) is 22.5 Å². The van der Waals surface area contributed by atoms with Crippen LogP contribution in [0.4, 0.5) is 0 Å². The van der Waals surface area contributed by atoms with E-state index in [2.05, 4.69) is 15.5 Å². The van der Waals surface area contributed by atoms with E-state index in [1.807, 2.05) is 76.7 Å². The SMILES string of the molecule is COc1ccc([C@H]2CC(c3cccs3)=NN2C(=O)CSc2nnc(CNC(=O)c3ccc(OC)c(OC)c3)n2Cc2ccccc2)cc1. The van der Waals surface area contributed by atoms with Gasteiger partial charge in [-0.25, -0.2) is 5.01 Å². The summed E-state index contributed by atoms with van der Waals surface area (Å²) in [5.41, 5.74) is 3.30. The normalized spacial score (nSPS) is 14.0. The van der Waals surface area contributed by atoms with Crippen LogP contribution >= 0.6 is 23.1 Å². The van der Waals surface area contributed by atoms with E-state index >= 15 is 0 Å². The molecule has 11 nitrogen and oxygen atoms in total. The Bertz CT molecular complexity index is 1890. The molecular weight excluding hydrogens is 649 g/mol. The molecule has 0 saturated carbocycles. The third-order valence-corrected chi connectivity index (χ3v) is 9.70. The first-order valence-electron chi connectivity index (χ1n) is 15.1.